The van der Waals surface area contributed by atoms with Crippen molar-refractivity contribution in [3.8, 4) is 16.3 Å². The number of aromatic nitrogens is 1. The Kier molecular flexibility index (Phi) is 4.78. The summed E-state index contributed by atoms with van der Waals surface area (Å²) in [6.07, 6.45) is 0.790. The van der Waals surface area contributed by atoms with Crippen molar-refractivity contribution >= 4 is 33.2 Å². The van der Waals surface area contributed by atoms with E-state index in [-0.39, 0.29) is 5.91 Å². The molecule has 26 heavy (non-hydrogen) atoms. The summed E-state index contributed by atoms with van der Waals surface area (Å²) in [6, 6.07) is 15.4. The maximum atomic E-state index is 12.8. The Morgan fingerprint density at radius 3 is 2.81 bits per heavy atom. The first kappa shape index (κ1) is 17.2. The highest BCUT2D eigenvalue weighted by molar-refractivity contribution is 9.10. The van der Waals surface area contributed by atoms with E-state index in [4.69, 9.17) is 9.72 Å². The van der Waals surface area contributed by atoms with Crippen molar-refractivity contribution in [1.82, 2.24) is 9.88 Å². The van der Waals surface area contributed by atoms with Gasteiger partial charge in [-0.3, -0.25) is 4.79 Å². The average molecular weight is 429 g/mol. The number of thiazole rings is 1. The monoisotopic (exact) mass is 428 g/mol. The first-order chi connectivity index (χ1) is 12.6. The van der Waals surface area contributed by atoms with Gasteiger partial charge in [-0.15, -0.1) is 11.3 Å². The highest BCUT2D eigenvalue weighted by atomic mass is 79.9. The molecule has 1 aliphatic rings. The third-order valence-corrected chi connectivity index (χ3v) is 6.09. The van der Waals surface area contributed by atoms with Crippen LogP contribution >= 0.6 is 27.3 Å². The lowest BCUT2D eigenvalue weighted by Gasteiger charge is -2.26. The lowest BCUT2D eigenvalue weighted by Crippen LogP contribution is -2.35. The minimum absolute atomic E-state index is 0.0690. The molecule has 4 rings (SSSR count). The van der Waals surface area contributed by atoms with E-state index in [0.29, 0.717) is 18.7 Å². The summed E-state index contributed by atoms with van der Waals surface area (Å²) >= 11 is 5.07. The molecular weight excluding hydrogens is 412 g/mol. The van der Waals surface area contributed by atoms with Crippen LogP contribution in [0.1, 0.15) is 20.9 Å². The van der Waals surface area contributed by atoms with Gasteiger partial charge in [-0.1, -0.05) is 28.1 Å². The van der Waals surface area contributed by atoms with E-state index in [1.807, 2.05) is 53.4 Å². The lowest BCUT2D eigenvalue weighted by molar-refractivity contribution is 0.0736. The molecule has 0 aliphatic carbocycles. The topological polar surface area (TPSA) is 42.4 Å². The minimum atomic E-state index is 0.0690. The van der Waals surface area contributed by atoms with Crippen molar-refractivity contribution in [2.75, 3.05) is 13.7 Å². The molecule has 4 nitrogen and oxygen atoms in total. The predicted octanol–water partition coefficient (Wildman–Crippen LogP) is 4.78. The Bertz CT molecular complexity index is 953. The summed E-state index contributed by atoms with van der Waals surface area (Å²) in [5, 5.41) is 0.979. The van der Waals surface area contributed by atoms with Crippen LogP contribution in [0.15, 0.2) is 53.0 Å². The van der Waals surface area contributed by atoms with Gasteiger partial charge in [0.05, 0.1) is 19.3 Å². The van der Waals surface area contributed by atoms with E-state index in [0.717, 1.165) is 32.9 Å². The Labute approximate surface area is 164 Å². The average Bonchev–Trinajstić information content (AvgIpc) is 3.11. The Balaban J connectivity index is 1.56. The fraction of sp³-hybridized carbons (Fsp3) is 0.200. The van der Waals surface area contributed by atoms with Gasteiger partial charge in [0.15, 0.2) is 0 Å². The third kappa shape index (κ3) is 3.39. The van der Waals surface area contributed by atoms with Crippen LogP contribution in [0.2, 0.25) is 0 Å². The van der Waals surface area contributed by atoms with Gasteiger partial charge < -0.3 is 9.64 Å². The second kappa shape index (κ2) is 7.21. The SMILES string of the molecule is COc1cccc(-c2nc3c(s2)CN(C(=O)c2ccc(Br)cc2)CC3)c1. The zero-order chi connectivity index (χ0) is 18.1. The molecule has 3 aromatic rings. The number of halogens is 1. The molecule has 6 heteroatoms. The first-order valence-corrected chi connectivity index (χ1v) is 9.93. The summed E-state index contributed by atoms with van der Waals surface area (Å²) in [6.45, 7) is 1.31. The van der Waals surface area contributed by atoms with Gasteiger partial charge in [0.25, 0.3) is 5.91 Å². The molecule has 132 valence electrons. The van der Waals surface area contributed by atoms with E-state index in [1.165, 1.54) is 4.88 Å². The van der Waals surface area contributed by atoms with E-state index >= 15 is 0 Å². The molecule has 0 atom stereocenters. The molecule has 0 saturated carbocycles. The Morgan fingerprint density at radius 1 is 1.23 bits per heavy atom. The van der Waals surface area contributed by atoms with Crippen molar-refractivity contribution in [2.45, 2.75) is 13.0 Å². The fourth-order valence-corrected chi connectivity index (χ4v) is 4.41. The van der Waals surface area contributed by atoms with Crippen LogP contribution in [0.25, 0.3) is 10.6 Å². The molecule has 1 amide bonds. The standard InChI is InChI=1S/C20H17BrN2O2S/c1-25-16-4-2-3-14(11-16)19-22-17-9-10-23(12-18(17)26-19)20(24)13-5-7-15(21)8-6-13/h2-8,11H,9-10,12H2,1H3. The first-order valence-electron chi connectivity index (χ1n) is 8.32. The highest BCUT2D eigenvalue weighted by Gasteiger charge is 2.25. The lowest BCUT2D eigenvalue weighted by atomic mass is 10.1. The zero-order valence-corrected chi connectivity index (χ0v) is 16.6. The minimum Gasteiger partial charge on any atom is -0.497 e. The molecule has 0 N–H and O–H groups in total. The summed E-state index contributed by atoms with van der Waals surface area (Å²) in [7, 11) is 1.66. The van der Waals surface area contributed by atoms with Gasteiger partial charge in [-0.2, -0.15) is 0 Å². The van der Waals surface area contributed by atoms with E-state index in [1.54, 1.807) is 18.4 Å². The number of benzene rings is 2. The number of amides is 1. The number of carbonyl (C=O) groups is 1. The van der Waals surface area contributed by atoms with Crippen LogP contribution in [-0.4, -0.2) is 29.4 Å². The number of rotatable bonds is 3. The fourth-order valence-electron chi connectivity index (χ4n) is 3.02. The Hall–Kier alpha value is -2.18. The second-order valence-electron chi connectivity index (χ2n) is 6.10. The van der Waals surface area contributed by atoms with Crippen molar-refractivity contribution in [2.24, 2.45) is 0 Å². The molecule has 2 aromatic carbocycles. The quantitative estimate of drug-likeness (QED) is 0.602. The van der Waals surface area contributed by atoms with Crippen LogP contribution in [0.3, 0.4) is 0 Å². The summed E-state index contributed by atoms with van der Waals surface area (Å²) in [5.74, 6) is 0.891. The number of hydrogen-bond acceptors (Lipinski definition) is 4. The molecule has 1 aromatic heterocycles. The van der Waals surface area contributed by atoms with Gasteiger partial charge in [0.2, 0.25) is 0 Å². The summed E-state index contributed by atoms with van der Waals surface area (Å²) < 4.78 is 6.28. The van der Waals surface area contributed by atoms with Crippen LogP contribution in [0, 0.1) is 0 Å². The number of methoxy groups -OCH3 is 1. The van der Waals surface area contributed by atoms with Gasteiger partial charge in [-0.25, -0.2) is 4.98 Å². The normalized spacial score (nSPS) is 13.4. The Morgan fingerprint density at radius 2 is 2.04 bits per heavy atom. The molecule has 0 radical (unpaired) electrons. The third-order valence-electron chi connectivity index (χ3n) is 4.43. The molecular formula is C20H17BrN2O2S. The largest absolute Gasteiger partial charge is 0.497 e. The molecule has 0 spiro atoms. The number of fused-ring (bicyclic) bond motifs is 1. The number of ether oxygens (including phenoxy) is 1. The van der Waals surface area contributed by atoms with Crippen LogP contribution in [0.4, 0.5) is 0 Å². The van der Waals surface area contributed by atoms with Crippen molar-refractivity contribution in [1.29, 1.82) is 0 Å². The second-order valence-corrected chi connectivity index (χ2v) is 8.10. The molecule has 2 heterocycles. The predicted molar refractivity (Wildman–Crippen MR) is 107 cm³/mol. The molecule has 1 aliphatic heterocycles. The van der Waals surface area contributed by atoms with Crippen LogP contribution in [0.5, 0.6) is 5.75 Å². The van der Waals surface area contributed by atoms with Crippen molar-refractivity contribution in [3.05, 3.63) is 69.1 Å². The number of hydrogen-bond donors (Lipinski definition) is 0. The van der Waals surface area contributed by atoms with Gasteiger partial charge >= 0.3 is 0 Å². The number of carbonyl (C=O) groups excluding carboxylic acids is 1. The molecule has 0 bridgehead atoms. The van der Waals surface area contributed by atoms with Gasteiger partial charge in [0.1, 0.15) is 10.8 Å². The van der Waals surface area contributed by atoms with E-state index < -0.39 is 0 Å². The maximum Gasteiger partial charge on any atom is 0.254 e. The van der Waals surface area contributed by atoms with Crippen LogP contribution in [-0.2, 0) is 13.0 Å². The summed E-state index contributed by atoms with van der Waals surface area (Å²) in [5.41, 5.74) is 2.87. The van der Waals surface area contributed by atoms with Gasteiger partial charge in [0, 0.05) is 33.4 Å². The zero-order valence-electron chi connectivity index (χ0n) is 14.2. The molecule has 0 saturated heterocycles. The maximum absolute atomic E-state index is 12.8. The van der Waals surface area contributed by atoms with E-state index in [9.17, 15) is 4.79 Å². The molecule has 0 fully saturated rings. The van der Waals surface area contributed by atoms with E-state index in [2.05, 4.69) is 15.9 Å². The smallest absolute Gasteiger partial charge is 0.254 e. The van der Waals surface area contributed by atoms with Crippen molar-refractivity contribution < 1.29 is 9.53 Å². The van der Waals surface area contributed by atoms with Gasteiger partial charge in [-0.05, 0) is 36.4 Å². The summed E-state index contributed by atoms with van der Waals surface area (Å²) in [4.78, 5) is 20.6. The molecule has 0 unspecified atom stereocenters. The number of nitrogens with zero attached hydrogens (tertiary/aromatic N) is 2. The van der Waals surface area contributed by atoms with Crippen LogP contribution < -0.4 is 4.74 Å². The highest BCUT2D eigenvalue weighted by Crippen LogP contribution is 2.33. The van der Waals surface area contributed by atoms with Crippen molar-refractivity contribution in [3.63, 3.8) is 0 Å².